The fourth-order valence-corrected chi connectivity index (χ4v) is 3.14. The van der Waals surface area contributed by atoms with Gasteiger partial charge in [-0.25, -0.2) is 12.8 Å². The summed E-state index contributed by atoms with van der Waals surface area (Å²) >= 11 is 0. The Balaban J connectivity index is 3.07. The van der Waals surface area contributed by atoms with Crippen molar-refractivity contribution >= 4 is 15.7 Å². The average Bonchev–Trinajstić information content (AvgIpc) is 2.38. The minimum absolute atomic E-state index is 0.119. The molecule has 0 heterocycles. The minimum Gasteiger partial charge on any atom is -0.398 e. The number of hydrogen-bond acceptors (Lipinski definition) is 5. The summed E-state index contributed by atoms with van der Waals surface area (Å²) < 4.78 is 49.0. The first-order valence-electron chi connectivity index (χ1n) is 5.96. The second kappa shape index (κ2) is 7.53. The molecule has 0 unspecified atom stereocenters. The highest BCUT2D eigenvalue weighted by Crippen LogP contribution is 2.23. The van der Waals surface area contributed by atoms with Crippen LogP contribution in [-0.2, 0) is 19.5 Å². The zero-order valence-electron chi connectivity index (χ0n) is 11.5. The Morgan fingerprint density at radius 2 is 1.75 bits per heavy atom. The van der Waals surface area contributed by atoms with Crippen LogP contribution in [0.3, 0.4) is 0 Å². The molecule has 20 heavy (non-hydrogen) atoms. The number of anilines is 1. The van der Waals surface area contributed by atoms with E-state index in [2.05, 4.69) is 0 Å². The summed E-state index contributed by atoms with van der Waals surface area (Å²) in [6.45, 7) is 0.812. The number of nitrogens with two attached hydrogens (primary N) is 1. The lowest BCUT2D eigenvalue weighted by Gasteiger charge is -2.22. The van der Waals surface area contributed by atoms with E-state index in [1.165, 1.54) is 18.5 Å². The van der Waals surface area contributed by atoms with Crippen LogP contribution in [0.1, 0.15) is 0 Å². The number of halogens is 1. The van der Waals surface area contributed by atoms with Crippen LogP contribution in [0.4, 0.5) is 10.1 Å². The number of nitrogen functional groups attached to an aromatic ring is 1. The van der Waals surface area contributed by atoms with Gasteiger partial charge in [0.15, 0.2) is 0 Å². The van der Waals surface area contributed by atoms with E-state index in [0.717, 1.165) is 18.2 Å². The summed E-state index contributed by atoms with van der Waals surface area (Å²) in [6, 6.07) is 3.21. The zero-order valence-corrected chi connectivity index (χ0v) is 12.3. The Kier molecular flexibility index (Phi) is 6.34. The molecule has 8 heteroatoms. The van der Waals surface area contributed by atoms with Crippen molar-refractivity contribution in [2.24, 2.45) is 0 Å². The van der Waals surface area contributed by atoms with E-state index in [9.17, 15) is 12.8 Å². The van der Waals surface area contributed by atoms with E-state index in [1.54, 1.807) is 0 Å². The lowest BCUT2D eigenvalue weighted by Crippen LogP contribution is -2.36. The van der Waals surface area contributed by atoms with Gasteiger partial charge < -0.3 is 15.2 Å². The van der Waals surface area contributed by atoms with Gasteiger partial charge in [-0.15, -0.1) is 0 Å². The van der Waals surface area contributed by atoms with Gasteiger partial charge in [-0.3, -0.25) is 0 Å². The molecule has 0 spiro atoms. The van der Waals surface area contributed by atoms with E-state index in [-0.39, 0.29) is 36.9 Å². The van der Waals surface area contributed by atoms with Crippen LogP contribution in [0.15, 0.2) is 23.1 Å². The van der Waals surface area contributed by atoms with Crippen molar-refractivity contribution in [2.75, 3.05) is 46.3 Å². The molecule has 0 fully saturated rings. The third kappa shape index (κ3) is 4.14. The van der Waals surface area contributed by atoms with E-state index < -0.39 is 15.8 Å². The number of benzene rings is 1. The predicted octanol–water partition coefficient (Wildman–Crippen LogP) is 0.691. The van der Waals surface area contributed by atoms with Crippen LogP contribution in [-0.4, -0.2) is 53.2 Å². The van der Waals surface area contributed by atoms with Crippen LogP contribution in [0.5, 0.6) is 0 Å². The summed E-state index contributed by atoms with van der Waals surface area (Å²) in [7, 11) is -0.852. The molecular formula is C12H19FN2O4S. The third-order valence-electron chi connectivity index (χ3n) is 2.68. The molecule has 6 nitrogen and oxygen atoms in total. The number of hydrogen-bond donors (Lipinski definition) is 1. The zero-order chi connectivity index (χ0) is 15.2. The molecule has 0 saturated heterocycles. The van der Waals surface area contributed by atoms with E-state index >= 15 is 0 Å². The van der Waals surface area contributed by atoms with E-state index in [4.69, 9.17) is 15.2 Å². The second-order valence-electron chi connectivity index (χ2n) is 4.07. The molecule has 0 aliphatic rings. The fourth-order valence-electron chi connectivity index (χ4n) is 1.63. The molecule has 1 aromatic rings. The van der Waals surface area contributed by atoms with Crippen LogP contribution < -0.4 is 5.73 Å². The molecule has 0 atom stereocenters. The number of sulfonamides is 1. The maximum atomic E-state index is 13.0. The molecule has 2 N–H and O–H groups in total. The summed E-state index contributed by atoms with van der Waals surface area (Å²) in [5.41, 5.74) is 5.47. The van der Waals surface area contributed by atoms with Gasteiger partial charge in [0.25, 0.3) is 0 Å². The monoisotopic (exact) mass is 306 g/mol. The smallest absolute Gasteiger partial charge is 0.245 e. The number of methoxy groups -OCH3 is 2. The van der Waals surface area contributed by atoms with E-state index in [0.29, 0.717) is 0 Å². The highest BCUT2D eigenvalue weighted by Gasteiger charge is 2.26. The highest BCUT2D eigenvalue weighted by atomic mass is 32.2. The molecule has 1 rings (SSSR count). The number of nitrogens with zero attached hydrogens (tertiary/aromatic N) is 1. The van der Waals surface area contributed by atoms with Gasteiger partial charge in [0.05, 0.1) is 18.9 Å². The number of ether oxygens (including phenoxy) is 2. The Morgan fingerprint density at radius 3 is 2.20 bits per heavy atom. The lowest BCUT2D eigenvalue weighted by atomic mass is 10.3. The average molecular weight is 306 g/mol. The normalized spacial score (nSPS) is 12.0. The first kappa shape index (κ1) is 16.8. The molecule has 0 aliphatic carbocycles. The van der Waals surface area contributed by atoms with Crippen LogP contribution >= 0.6 is 0 Å². The van der Waals surface area contributed by atoms with Crippen LogP contribution in [0.25, 0.3) is 0 Å². The van der Waals surface area contributed by atoms with Gasteiger partial charge in [-0.05, 0) is 18.2 Å². The van der Waals surface area contributed by atoms with Crippen molar-refractivity contribution in [1.29, 1.82) is 0 Å². The third-order valence-corrected chi connectivity index (χ3v) is 4.65. The van der Waals surface area contributed by atoms with Crippen LogP contribution in [0, 0.1) is 5.82 Å². The van der Waals surface area contributed by atoms with Crippen molar-refractivity contribution in [3.8, 4) is 0 Å². The standard InChI is InChI=1S/C12H19FN2O4S/c1-18-7-5-15(6-8-19-2)20(16,17)12-4-3-10(13)9-11(12)14/h3-4,9H,5-8,14H2,1-2H3. The molecule has 0 aromatic heterocycles. The van der Waals surface area contributed by atoms with Crippen molar-refractivity contribution in [3.63, 3.8) is 0 Å². The molecule has 0 bridgehead atoms. The van der Waals surface area contributed by atoms with Gasteiger partial charge in [0.2, 0.25) is 10.0 Å². The van der Waals surface area contributed by atoms with Gasteiger partial charge in [-0.1, -0.05) is 0 Å². The summed E-state index contributed by atoms with van der Waals surface area (Å²) in [5.74, 6) is -0.582. The molecular weight excluding hydrogens is 287 g/mol. The first-order chi connectivity index (χ1) is 9.43. The fraction of sp³-hybridized carbons (Fsp3) is 0.500. The molecule has 114 valence electrons. The highest BCUT2D eigenvalue weighted by molar-refractivity contribution is 7.89. The first-order valence-corrected chi connectivity index (χ1v) is 7.40. The van der Waals surface area contributed by atoms with E-state index in [1.807, 2.05) is 0 Å². The lowest BCUT2D eigenvalue weighted by molar-refractivity contribution is 0.150. The van der Waals surface area contributed by atoms with Gasteiger partial charge in [-0.2, -0.15) is 4.31 Å². The van der Waals surface area contributed by atoms with Gasteiger partial charge in [0.1, 0.15) is 10.7 Å². The Bertz CT molecular complexity index is 528. The van der Waals surface area contributed by atoms with Crippen molar-refractivity contribution in [2.45, 2.75) is 4.90 Å². The Morgan fingerprint density at radius 1 is 1.20 bits per heavy atom. The Labute approximate surface area is 118 Å². The molecule has 0 amide bonds. The number of rotatable bonds is 8. The maximum absolute atomic E-state index is 13.0. The van der Waals surface area contributed by atoms with Crippen molar-refractivity contribution in [1.82, 2.24) is 4.31 Å². The summed E-state index contributed by atoms with van der Waals surface area (Å²) in [6.07, 6.45) is 0. The van der Waals surface area contributed by atoms with Crippen molar-refractivity contribution in [3.05, 3.63) is 24.0 Å². The summed E-state index contributed by atoms with van der Waals surface area (Å²) in [4.78, 5) is -0.119. The van der Waals surface area contributed by atoms with Gasteiger partial charge in [0, 0.05) is 27.3 Å². The SMILES string of the molecule is COCCN(CCOC)S(=O)(=O)c1ccc(F)cc1N. The predicted molar refractivity (Wildman–Crippen MR) is 73.3 cm³/mol. The maximum Gasteiger partial charge on any atom is 0.245 e. The Hall–Kier alpha value is -1.22. The molecule has 0 radical (unpaired) electrons. The molecule has 1 aromatic carbocycles. The van der Waals surface area contributed by atoms with Crippen molar-refractivity contribution < 1.29 is 22.3 Å². The second-order valence-corrected chi connectivity index (χ2v) is 5.98. The molecule has 0 aliphatic heterocycles. The minimum atomic E-state index is -3.81. The van der Waals surface area contributed by atoms with Crippen LogP contribution in [0.2, 0.25) is 0 Å². The molecule has 0 saturated carbocycles. The quantitative estimate of drug-likeness (QED) is 0.715. The topological polar surface area (TPSA) is 81.9 Å². The van der Waals surface area contributed by atoms with Gasteiger partial charge >= 0.3 is 0 Å². The largest absolute Gasteiger partial charge is 0.398 e. The summed E-state index contributed by atoms with van der Waals surface area (Å²) in [5, 5.41) is 0.